The molecule has 0 saturated carbocycles. The molecule has 1 aliphatic rings. The molecule has 0 saturated heterocycles. The molecule has 1 N–H and O–H groups in total. The van der Waals surface area contributed by atoms with Crippen molar-refractivity contribution in [2.24, 2.45) is 0 Å². The van der Waals surface area contributed by atoms with E-state index in [-0.39, 0.29) is 11.9 Å². The molecule has 0 bridgehead atoms. The Labute approximate surface area is 119 Å². The van der Waals surface area contributed by atoms with Gasteiger partial charge < -0.3 is 14.4 Å². The largest absolute Gasteiger partial charge is 0.488 e. The van der Waals surface area contributed by atoms with Crippen LogP contribution in [0.1, 0.15) is 5.56 Å². The van der Waals surface area contributed by atoms with E-state index in [2.05, 4.69) is 16.3 Å². The highest BCUT2D eigenvalue weighted by molar-refractivity contribution is 7.99. The summed E-state index contributed by atoms with van der Waals surface area (Å²) in [5.41, 5.74) is 1.20. The number of hydrogen-bond acceptors (Lipinski definition) is 5. The van der Waals surface area contributed by atoms with Gasteiger partial charge in [-0.3, -0.25) is 4.79 Å². The Kier molecular flexibility index (Phi) is 3.60. The molecule has 1 aliphatic heterocycles. The molecule has 0 spiro atoms. The van der Waals surface area contributed by atoms with Gasteiger partial charge in [-0.2, -0.15) is 0 Å². The summed E-state index contributed by atoms with van der Waals surface area (Å²) >= 11 is 1.16. The van der Waals surface area contributed by atoms with Crippen LogP contribution in [0.3, 0.4) is 0 Å². The third-order valence-corrected chi connectivity index (χ3v) is 3.98. The van der Waals surface area contributed by atoms with Crippen molar-refractivity contribution in [1.29, 1.82) is 0 Å². The predicted molar refractivity (Wildman–Crippen MR) is 72.9 cm³/mol. The summed E-state index contributed by atoms with van der Waals surface area (Å²) in [6.07, 6.45) is 2.49. The molecule has 20 heavy (non-hydrogen) atoms. The summed E-state index contributed by atoms with van der Waals surface area (Å²) in [6.45, 7) is 0.615. The number of thioether (sulfide) groups is 1. The molecule has 1 aromatic carbocycles. The molecule has 6 nitrogen and oxygen atoms in total. The van der Waals surface area contributed by atoms with Gasteiger partial charge in [-0.25, -0.2) is 0 Å². The van der Waals surface area contributed by atoms with Crippen LogP contribution in [-0.2, 0) is 17.8 Å². The van der Waals surface area contributed by atoms with Crippen LogP contribution < -0.4 is 4.74 Å². The molecule has 2 aromatic rings. The topological polar surface area (TPSA) is 77.2 Å². The Hall–Kier alpha value is -2.02. The number of nitrogens with zero attached hydrogens (tertiary/aromatic N) is 3. The van der Waals surface area contributed by atoms with E-state index >= 15 is 0 Å². The number of carbonyl (C=O) groups is 1. The van der Waals surface area contributed by atoms with Crippen LogP contribution in [-0.4, -0.2) is 37.7 Å². The van der Waals surface area contributed by atoms with E-state index in [1.807, 2.05) is 22.8 Å². The second-order valence-corrected chi connectivity index (χ2v) is 5.44. The second-order valence-electron chi connectivity index (χ2n) is 4.50. The Bertz CT molecular complexity index is 604. The predicted octanol–water partition coefficient (Wildman–Crippen LogP) is 1.46. The van der Waals surface area contributed by atoms with E-state index in [4.69, 9.17) is 9.84 Å². The third-order valence-electron chi connectivity index (χ3n) is 3.02. The number of aromatic nitrogens is 3. The third kappa shape index (κ3) is 2.77. The summed E-state index contributed by atoms with van der Waals surface area (Å²) in [4.78, 5) is 10.6. The van der Waals surface area contributed by atoms with Crippen molar-refractivity contribution >= 4 is 17.7 Å². The molecule has 0 radical (unpaired) electrons. The van der Waals surface area contributed by atoms with Gasteiger partial charge in [0.25, 0.3) is 0 Å². The highest BCUT2D eigenvalue weighted by Crippen LogP contribution is 2.29. The molecule has 2 heterocycles. The molecule has 0 fully saturated rings. The lowest BCUT2D eigenvalue weighted by atomic mass is 10.1. The van der Waals surface area contributed by atoms with Crippen LogP contribution in [0.4, 0.5) is 0 Å². The van der Waals surface area contributed by atoms with Crippen molar-refractivity contribution < 1.29 is 14.6 Å². The Morgan fingerprint density at radius 3 is 3.15 bits per heavy atom. The van der Waals surface area contributed by atoms with Gasteiger partial charge >= 0.3 is 5.97 Å². The molecule has 3 rings (SSSR count). The van der Waals surface area contributed by atoms with Crippen LogP contribution in [0.5, 0.6) is 5.75 Å². The van der Waals surface area contributed by atoms with Crippen LogP contribution >= 0.6 is 11.8 Å². The number of aliphatic carboxylic acids is 1. The van der Waals surface area contributed by atoms with Crippen molar-refractivity contribution in [2.75, 3.05) is 5.75 Å². The highest BCUT2D eigenvalue weighted by Gasteiger charge is 2.23. The lowest BCUT2D eigenvalue weighted by molar-refractivity contribution is -0.133. The molecule has 1 atom stereocenters. The van der Waals surface area contributed by atoms with E-state index in [1.165, 1.54) is 5.56 Å². The van der Waals surface area contributed by atoms with Gasteiger partial charge in [0.15, 0.2) is 5.16 Å². The van der Waals surface area contributed by atoms with Crippen LogP contribution in [0.25, 0.3) is 0 Å². The maximum atomic E-state index is 10.6. The van der Waals surface area contributed by atoms with E-state index in [0.29, 0.717) is 11.7 Å². The lowest BCUT2D eigenvalue weighted by Gasteiger charge is -2.12. The number of carboxylic acid groups (broad SMARTS) is 1. The molecule has 104 valence electrons. The van der Waals surface area contributed by atoms with Crippen molar-refractivity contribution in [3.8, 4) is 5.75 Å². The molecular weight excluding hydrogens is 278 g/mol. The number of fused-ring (bicyclic) bond motifs is 1. The monoisotopic (exact) mass is 291 g/mol. The zero-order valence-corrected chi connectivity index (χ0v) is 11.4. The fraction of sp³-hybridized carbons (Fsp3) is 0.308. The summed E-state index contributed by atoms with van der Waals surface area (Å²) in [6, 6.07) is 7.97. The normalized spacial score (nSPS) is 16.7. The lowest BCUT2D eigenvalue weighted by Crippen LogP contribution is -2.21. The number of rotatable bonds is 5. The fourth-order valence-corrected chi connectivity index (χ4v) is 2.83. The van der Waals surface area contributed by atoms with E-state index < -0.39 is 5.97 Å². The number of ether oxygens (including phenoxy) is 1. The maximum Gasteiger partial charge on any atom is 0.313 e. The zero-order chi connectivity index (χ0) is 13.9. The minimum Gasteiger partial charge on any atom is -0.488 e. The average Bonchev–Trinajstić information content (AvgIpc) is 3.02. The minimum atomic E-state index is -0.867. The van der Waals surface area contributed by atoms with Gasteiger partial charge in [-0.1, -0.05) is 30.0 Å². The van der Waals surface area contributed by atoms with Crippen LogP contribution in [0.2, 0.25) is 0 Å². The SMILES string of the molecule is O=C(O)CSc1nncn1CC1Cc2ccccc2O1. The quantitative estimate of drug-likeness (QED) is 0.840. The molecule has 0 aliphatic carbocycles. The van der Waals surface area contributed by atoms with Crippen LogP contribution in [0, 0.1) is 0 Å². The van der Waals surface area contributed by atoms with Crippen molar-refractivity contribution in [3.63, 3.8) is 0 Å². The van der Waals surface area contributed by atoms with Gasteiger partial charge in [0, 0.05) is 6.42 Å². The first-order valence-electron chi connectivity index (χ1n) is 6.19. The summed E-state index contributed by atoms with van der Waals surface area (Å²) in [5, 5.41) is 17.1. The first kappa shape index (κ1) is 13.0. The van der Waals surface area contributed by atoms with Gasteiger partial charge in [0.1, 0.15) is 18.2 Å². The Balaban J connectivity index is 1.65. The number of benzene rings is 1. The Morgan fingerprint density at radius 1 is 1.50 bits per heavy atom. The summed E-state index contributed by atoms with van der Waals surface area (Å²) < 4.78 is 7.70. The standard InChI is InChI=1S/C13H13N3O3S/c17-12(18)7-20-13-15-14-8-16(13)6-10-5-9-3-1-2-4-11(9)19-10/h1-4,8,10H,5-7H2,(H,17,18). The first-order chi connectivity index (χ1) is 9.72. The zero-order valence-electron chi connectivity index (χ0n) is 10.6. The fourth-order valence-electron chi connectivity index (χ4n) is 2.18. The van der Waals surface area contributed by atoms with E-state index in [0.717, 1.165) is 23.9 Å². The molecule has 1 aromatic heterocycles. The molecule has 0 amide bonds. The highest BCUT2D eigenvalue weighted by atomic mass is 32.2. The second kappa shape index (κ2) is 5.54. The van der Waals surface area contributed by atoms with Gasteiger partial charge in [0.2, 0.25) is 0 Å². The minimum absolute atomic E-state index is 0.0234. The van der Waals surface area contributed by atoms with Crippen LogP contribution in [0.15, 0.2) is 35.7 Å². The molecule has 7 heteroatoms. The maximum absolute atomic E-state index is 10.6. The van der Waals surface area contributed by atoms with Gasteiger partial charge in [-0.05, 0) is 11.6 Å². The van der Waals surface area contributed by atoms with Crippen molar-refractivity contribution in [3.05, 3.63) is 36.2 Å². The van der Waals surface area contributed by atoms with Crippen molar-refractivity contribution in [2.45, 2.75) is 24.2 Å². The van der Waals surface area contributed by atoms with E-state index in [9.17, 15) is 4.79 Å². The summed E-state index contributed by atoms with van der Waals surface area (Å²) in [7, 11) is 0. The number of hydrogen-bond donors (Lipinski definition) is 1. The van der Waals surface area contributed by atoms with Gasteiger partial charge in [-0.15, -0.1) is 10.2 Å². The molecule has 1 unspecified atom stereocenters. The Morgan fingerprint density at radius 2 is 2.35 bits per heavy atom. The molecular formula is C13H13N3O3S. The number of carboxylic acids is 1. The average molecular weight is 291 g/mol. The van der Waals surface area contributed by atoms with E-state index in [1.54, 1.807) is 6.33 Å². The number of para-hydroxylation sites is 1. The smallest absolute Gasteiger partial charge is 0.313 e. The first-order valence-corrected chi connectivity index (χ1v) is 7.18. The summed E-state index contributed by atoms with van der Waals surface area (Å²) in [5.74, 6) is 0.0316. The van der Waals surface area contributed by atoms with Crippen molar-refractivity contribution in [1.82, 2.24) is 14.8 Å². The van der Waals surface area contributed by atoms with Gasteiger partial charge in [0.05, 0.1) is 12.3 Å².